The van der Waals surface area contributed by atoms with Crippen molar-refractivity contribution in [2.24, 2.45) is 0 Å². The Kier molecular flexibility index (Phi) is 1.93. The van der Waals surface area contributed by atoms with Gasteiger partial charge in [0.25, 0.3) is 0 Å². The van der Waals surface area contributed by atoms with Crippen molar-refractivity contribution in [2.45, 2.75) is 5.88 Å². The van der Waals surface area contributed by atoms with Crippen molar-refractivity contribution in [1.82, 2.24) is 0 Å². The second-order valence-electron chi connectivity index (χ2n) is 1.52. The van der Waals surface area contributed by atoms with Crippen molar-refractivity contribution < 1.29 is 0 Å². The van der Waals surface area contributed by atoms with E-state index < -0.39 is 0 Å². The lowest BCUT2D eigenvalue weighted by Gasteiger charge is -1.87. The van der Waals surface area contributed by atoms with Gasteiger partial charge in [0.1, 0.15) is 0 Å². The van der Waals surface area contributed by atoms with E-state index in [0.29, 0.717) is 5.88 Å². The van der Waals surface area contributed by atoms with Gasteiger partial charge in [-0.1, -0.05) is 24.3 Å². The smallest absolute Gasteiger partial charge is 0.0480 e. The number of halogens is 1. The Hall–Kier alpha value is -0.490. The molecule has 0 bridgehead atoms. The fourth-order valence-corrected chi connectivity index (χ4v) is 0.680. The number of hydrogen-bond acceptors (Lipinski definition) is 0. The number of benzene rings is 1. The van der Waals surface area contributed by atoms with Crippen LogP contribution < -0.4 is 0 Å². The van der Waals surface area contributed by atoms with Gasteiger partial charge in [-0.15, -0.1) is 11.6 Å². The Morgan fingerprint density at radius 1 is 1.50 bits per heavy atom. The van der Waals surface area contributed by atoms with Crippen LogP contribution in [-0.4, -0.2) is 0 Å². The summed E-state index contributed by atoms with van der Waals surface area (Å²) >= 11 is 5.50. The summed E-state index contributed by atoms with van der Waals surface area (Å²) in [5, 5.41) is 0. The highest BCUT2D eigenvalue weighted by molar-refractivity contribution is 6.17. The van der Waals surface area contributed by atoms with E-state index in [0.717, 1.165) is 5.56 Å². The maximum Gasteiger partial charge on any atom is 0.0480 e. The largest absolute Gasteiger partial charge is 0.122 e. The zero-order chi connectivity index (χ0) is 5.82. The van der Waals surface area contributed by atoms with Gasteiger partial charge in [0.05, 0.1) is 0 Å². The molecule has 0 unspecified atom stereocenters. The summed E-state index contributed by atoms with van der Waals surface area (Å²) in [6, 6.07) is 10.7. The Bertz CT molecular complexity index is 146. The highest BCUT2D eigenvalue weighted by atomic mass is 35.5. The van der Waals surface area contributed by atoms with E-state index in [4.69, 9.17) is 11.6 Å². The van der Waals surface area contributed by atoms with Gasteiger partial charge < -0.3 is 0 Å². The molecule has 1 rings (SSSR count). The SMILES string of the molecule is ClCc1[c]cccc1. The van der Waals surface area contributed by atoms with Crippen molar-refractivity contribution in [3.63, 3.8) is 0 Å². The van der Waals surface area contributed by atoms with Gasteiger partial charge in [0.15, 0.2) is 0 Å². The minimum Gasteiger partial charge on any atom is -0.122 e. The summed E-state index contributed by atoms with van der Waals surface area (Å²) in [7, 11) is 0. The molecule has 0 spiro atoms. The molecule has 0 atom stereocenters. The van der Waals surface area contributed by atoms with Crippen LogP contribution >= 0.6 is 11.6 Å². The minimum atomic E-state index is 0.556. The zero-order valence-corrected chi connectivity index (χ0v) is 5.15. The first kappa shape index (κ1) is 5.64. The van der Waals surface area contributed by atoms with Crippen LogP contribution in [0, 0.1) is 6.07 Å². The molecule has 41 valence electrons. The van der Waals surface area contributed by atoms with Crippen LogP contribution in [0.15, 0.2) is 24.3 Å². The third-order valence-corrected chi connectivity index (χ3v) is 1.21. The highest BCUT2D eigenvalue weighted by Gasteiger charge is 1.82. The first-order chi connectivity index (χ1) is 3.93. The molecule has 8 heavy (non-hydrogen) atoms. The van der Waals surface area contributed by atoms with Crippen molar-refractivity contribution >= 4 is 11.6 Å². The molecule has 1 radical (unpaired) electrons. The maximum atomic E-state index is 5.50. The fraction of sp³-hybridized carbons (Fsp3) is 0.143. The van der Waals surface area contributed by atoms with E-state index in [1.165, 1.54) is 0 Å². The number of hydrogen-bond donors (Lipinski definition) is 0. The van der Waals surface area contributed by atoms with E-state index in [2.05, 4.69) is 6.07 Å². The van der Waals surface area contributed by atoms with Crippen LogP contribution in [-0.2, 0) is 5.88 Å². The molecule has 0 saturated heterocycles. The van der Waals surface area contributed by atoms with Gasteiger partial charge >= 0.3 is 0 Å². The average Bonchev–Trinajstić information content (AvgIpc) is 1.90. The van der Waals surface area contributed by atoms with Crippen LogP contribution in [0.1, 0.15) is 5.56 Å². The zero-order valence-electron chi connectivity index (χ0n) is 4.39. The predicted molar refractivity (Wildman–Crippen MR) is 34.8 cm³/mol. The molecular weight excluding hydrogens is 120 g/mol. The molecule has 0 aliphatic rings. The molecule has 0 fully saturated rings. The first-order valence-electron chi connectivity index (χ1n) is 2.45. The Labute approximate surface area is 54.1 Å². The van der Waals surface area contributed by atoms with Gasteiger partial charge in [0, 0.05) is 5.88 Å². The number of rotatable bonds is 1. The molecular formula is C7H6Cl. The third kappa shape index (κ3) is 1.24. The summed E-state index contributed by atoms with van der Waals surface area (Å²) in [6.45, 7) is 0. The molecule has 0 nitrogen and oxygen atoms in total. The molecule has 0 aliphatic carbocycles. The summed E-state index contributed by atoms with van der Waals surface area (Å²) in [6.07, 6.45) is 0. The quantitative estimate of drug-likeness (QED) is 0.505. The average molecular weight is 126 g/mol. The van der Waals surface area contributed by atoms with Crippen LogP contribution in [0.2, 0.25) is 0 Å². The van der Waals surface area contributed by atoms with E-state index in [9.17, 15) is 0 Å². The van der Waals surface area contributed by atoms with Gasteiger partial charge in [-0.25, -0.2) is 0 Å². The molecule has 1 aromatic carbocycles. The Morgan fingerprint density at radius 2 is 2.38 bits per heavy atom. The highest BCUT2D eigenvalue weighted by Crippen LogP contribution is 1.99. The fourth-order valence-electron chi connectivity index (χ4n) is 0.514. The van der Waals surface area contributed by atoms with E-state index in [1.54, 1.807) is 0 Å². The minimum absolute atomic E-state index is 0.556. The second kappa shape index (κ2) is 2.73. The Morgan fingerprint density at radius 3 is 2.75 bits per heavy atom. The molecule has 0 aromatic heterocycles. The third-order valence-electron chi connectivity index (χ3n) is 0.917. The van der Waals surface area contributed by atoms with Crippen molar-refractivity contribution in [3.05, 3.63) is 35.9 Å². The monoisotopic (exact) mass is 125 g/mol. The summed E-state index contributed by atoms with van der Waals surface area (Å²) < 4.78 is 0. The molecule has 0 amide bonds. The lowest BCUT2D eigenvalue weighted by atomic mass is 10.2. The maximum absolute atomic E-state index is 5.50. The van der Waals surface area contributed by atoms with Crippen LogP contribution in [0.4, 0.5) is 0 Å². The van der Waals surface area contributed by atoms with Gasteiger partial charge in [0.2, 0.25) is 0 Å². The van der Waals surface area contributed by atoms with Crippen molar-refractivity contribution in [2.75, 3.05) is 0 Å². The number of alkyl halides is 1. The molecule has 0 heterocycles. The van der Waals surface area contributed by atoms with Crippen molar-refractivity contribution in [1.29, 1.82) is 0 Å². The van der Waals surface area contributed by atoms with Gasteiger partial charge in [-0.3, -0.25) is 0 Å². The van der Waals surface area contributed by atoms with Crippen molar-refractivity contribution in [3.8, 4) is 0 Å². The van der Waals surface area contributed by atoms with Gasteiger partial charge in [-0.2, -0.15) is 0 Å². The van der Waals surface area contributed by atoms with Crippen LogP contribution in [0.25, 0.3) is 0 Å². The lowest BCUT2D eigenvalue weighted by molar-refractivity contribution is 1.39. The molecule has 0 saturated carbocycles. The van der Waals surface area contributed by atoms with Crippen LogP contribution in [0.5, 0.6) is 0 Å². The summed E-state index contributed by atoms with van der Waals surface area (Å²) in [5.74, 6) is 0.556. The second-order valence-corrected chi connectivity index (χ2v) is 1.79. The van der Waals surface area contributed by atoms with E-state index >= 15 is 0 Å². The molecule has 1 aromatic rings. The standard InChI is InChI=1S/C7H6Cl/c8-6-7-4-2-1-3-5-7/h1-4H,6H2. The van der Waals surface area contributed by atoms with E-state index in [1.807, 2.05) is 24.3 Å². The first-order valence-corrected chi connectivity index (χ1v) is 2.98. The predicted octanol–water partition coefficient (Wildman–Crippen LogP) is 2.23. The van der Waals surface area contributed by atoms with E-state index in [-0.39, 0.29) is 0 Å². The summed E-state index contributed by atoms with van der Waals surface area (Å²) in [4.78, 5) is 0. The van der Waals surface area contributed by atoms with Crippen LogP contribution in [0.3, 0.4) is 0 Å². The molecule has 1 heteroatoms. The Balaban J connectivity index is 2.83. The lowest BCUT2D eigenvalue weighted by Crippen LogP contribution is -1.72. The molecule has 0 aliphatic heterocycles. The normalized spacial score (nSPS) is 9.12. The summed E-state index contributed by atoms with van der Waals surface area (Å²) in [5.41, 5.74) is 1.05. The van der Waals surface area contributed by atoms with Gasteiger partial charge in [-0.05, 0) is 11.6 Å². The molecule has 0 N–H and O–H groups in total. The topological polar surface area (TPSA) is 0 Å².